The molecule has 132 valence electrons. The van der Waals surface area contributed by atoms with E-state index in [0.29, 0.717) is 17.7 Å². The third kappa shape index (κ3) is 5.95. The lowest BCUT2D eigenvalue weighted by Crippen LogP contribution is -2.16. The van der Waals surface area contributed by atoms with Gasteiger partial charge in [0, 0.05) is 12.1 Å². The van der Waals surface area contributed by atoms with Crippen LogP contribution in [0.15, 0.2) is 48.5 Å². The van der Waals surface area contributed by atoms with Crippen molar-refractivity contribution >= 4 is 17.6 Å². The zero-order chi connectivity index (χ0) is 18.2. The van der Waals surface area contributed by atoms with Gasteiger partial charge in [-0.1, -0.05) is 37.3 Å². The zero-order valence-electron chi connectivity index (χ0n) is 14.5. The van der Waals surface area contributed by atoms with Crippen LogP contribution in [0.3, 0.4) is 0 Å². The second-order valence-electron chi connectivity index (χ2n) is 6.14. The molecule has 2 aromatic carbocycles. The number of hydrogen-bond donors (Lipinski definition) is 2. The Balaban J connectivity index is 1.87. The summed E-state index contributed by atoms with van der Waals surface area (Å²) in [7, 11) is 1.64. The Bertz CT molecular complexity index is 725. The van der Waals surface area contributed by atoms with Crippen molar-refractivity contribution in [1.29, 1.82) is 0 Å². The van der Waals surface area contributed by atoms with Crippen LogP contribution in [0.1, 0.15) is 24.5 Å². The van der Waals surface area contributed by atoms with Crippen molar-refractivity contribution in [2.45, 2.75) is 26.2 Å². The largest absolute Gasteiger partial charge is 0.496 e. The first-order chi connectivity index (χ1) is 12.0. The van der Waals surface area contributed by atoms with Crippen LogP contribution in [0.4, 0.5) is 5.69 Å². The van der Waals surface area contributed by atoms with Crippen LogP contribution in [-0.4, -0.2) is 24.1 Å². The molecule has 0 saturated heterocycles. The van der Waals surface area contributed by atoms with Crippen molar-refractivity contribution in [3.05, 3.63) is 59.7 Å². The summed E-state index contributed by atoms with van der Waals surface area (Å²) in [6.45, 7) is 2.03. The number of carbonyl (C=O) groups is 2. The van der Waals surface area contributed by atoms with Crippen molar-refractivity contribution in [1.82, 2.24) is 0 Å². The number of hydrogen-bond acceptors (Lipinski definition) is 3. The number of amides is 1. The highest BCUT2D eigenvalue weighted by Crippen LogP contribution is 2.22. The van der Waals surface area contributed by atoms with E-state index in [1.807, 2.05) is 31.2 Å². The second-order valence-corrected chi connectivity index (χ2v) is 6.14. The highest BCUT2D eigenvalue weighted by atomic mass is 16.5. The Labute approximate surface area is 147 Å². The molecule has 1 amide bonds. The minimum Gasteiger partial charge on any atom is -0.496 e. The van der Waals surface area contributed by atoms with Gasteiger partial charge in [-0.15, -0.1) is 0 Å². The summed E-state index contributed by atoms with van der Waals surface area (Å²) >= 11 is 0. The maximum atomic E-state index is 12.2. The van der Waals surface area contributed by atoms with Crippen LogP contribution in [-0.2, 0) is 22.4 Å². The number of anilines is 1. The van der Waals surface area contributed by atoms with Crippen molar-refractivity contribution in [2.75, 3.05) is 12.4 Å². The summed E-state index contributed by atoms with van der Waals surface area (Å²) in [5.74, 6) is 0.0710. The lowest BCUT2D eigenvalue weighted by atomic mass is 9.97. The van der Waals surface area contributed by atoms with Gasteiger partial charge in [-0.2, -0.15) is 0 Å². The van der Waals surface area contributed by atoms with E-state index in [2.05, 4.69) is 5.32 Å². The van der Waals surface area contributed by atoms with Crippen molar-refractivity contribution in [2.24, 2.45) is 5.92 Å². The zero-order valence-corrected chi connectivity index (χ0v) is 14.5. The molecule has 5 nitrogen and oxygen atoms in total. The van der Waals surface area contributed by atoms with Crippen molar-refractivity contribution in [3.8, 4) is 5.75 Å². The molecule has 0 saturated carbocycles. The maximum Gasteiger partial charge on any atom is 0.307 e. The topological polar surface area (TPSA) is 75.6 Å². The Morgan fingerprint density at radius 1 is 1.12 bits per heavy atom. The van der Waals surface area contributed by atoms with Crippen LogP contribution in [0.5, 0.6) is 5.75 Å². The number of ether oxygens (including phenoxy) is 1. The summed E-state index contributed by atoms with van der Waals surface area (Å²) in [5.41, 5.74) is 2.46. The number of carboxylic acid groups (broad SMARTS) is 1. The van der Waals surface area contributed by atoms with Crippen LogP contribution >= 0.6 is 0 Å². The molecule has 0 aliphatic carbocycles. The molecule has 0 aliphatic heterocycles. The van der Waals surface area contributed by atoms with Gasteiger partial charge in [0.2, 0.25) is 5.91 Å². The summed E-state index contributed by atoms with van der Waals surface area (Å²) < 4.78 is 5.34. The molecule has 1 unspecified atom stereocenters. The standard InChI is InChI=1S/C20H23NO4/c1-14(11-16-5-3-4-6-18(16)25-2)12-19(22)21-17-9-7-15(8-10-17)13-20(23)24/h3-10,14H,11-13H2,1-2H3,(H,21,22)(H,23,24). The maximum absolute atomic E-state index is 12.2. The van der Waals surface area contributed by atoms with E-state index in [9.17, 15) is 9.59 Å². The summed E-state index contributed by atoms with van der Waals surface area (Å²) in [6, 6.07) is 14.7. The fourth-order valence-electron chi connectivity index (χ4n) is 2.73. The van der Waals surface area contributed by atoms with E-state index in [0.717, 1.165) is 17.7 Å². The average molecular weight is 341 g/mol. The molecule has 0 spiro atoms. The number of aliphatic carboxylic acids is 1. The first-order valence-electron chi connectivity index (χ1n) is 8.20. The fraction of sp³-hybridized carbons (Fsp3) is 0.300. The third-order valence-electron chi connectivity index (χ3n) is 3.89. The minimum atomic E-state index is -0.873. The number of nitrogens with one attached hydrogen (secondary N) is 1. The molecule has 2 N–H and O–H groups in total. The smallest absolute Gasteiger partial charge is 0.307 e. The predicted octanol–water partition coefficient (Wildman–Crippen LogP) is 3.53. The molecule has 0 radical (unpaired) electrons. The summed E-state index contributed by atoms with van der Waals surface area (Å²) in [5, 5.41) is 11.6. The van der Waals surface area contributed by atoms with Crippen LogP contribution in [0, 0.1) is 5.92 Å². The van der Waals surface area contributed by atoms with E-state index in [4.69, 9.17) is 9.84 Å². The lowest BCUT2D eigenvalue weighted by molar-refractivity contribution is -0.136. The molecule has 0 aromatic heterocycles. The summed E-state index contributed by atoms with van der Waals surface area (Å²) in [6.07, 6.45) is 1.13. The van der Waals surface area contributed by atoms with E-state index in [1.165, 1.54) is 0 Å². The van der Waals surface area contributed by atoms with Gasteiger partial charge in [0.05, 0.1) is 13.5 Å². The Kier molecular flexibility index (Phi) is 6.57. The number of rotatable bonds is 8. The molecular weight excluding hydrogens is 318 g/mol. The number of para-hydroxylation sites is 1. The lowest BCUT2D eigenvalue weighted by Gasteiger charge is -2.14. The molecule has 5 heteroatoms. The average Bonchev–Trinajstić information content (AvgIpc) is 2.56. The molecule has 2 aromatic rings. The molecule has 0 bridgehead atoms. The normalized spacial score (nSPS) is 11.6. The number of carbonyl (C=O) groups excluding carboxylic acids is 1. The van der Waals surface area contributed by atoms with Gasteiger partial charge < -0.3 is 15.2 Å². The van der Waals surface area contributed by atoms with Crippen molar-refractivity contribution < 1.29 is 19.4 Å². The first-order valence-corrected chi connectivity index (χ1v) is 8.20. The van der Waals surface area contributed by atoms with Crippen molar-refractivity contribution in [3.63, 3.8) is 0 Å². The SMILES string of the molecule is COc1ccccc1CC(C)CC(=O)Nc1ccc(CC(=O)O)cc1. The second kappa shape index (κ2) is 8.87. The number of methoxy groups -OCH3 is 1. The molecular formula is C20H23NO4. The first kappa shape index (κ1) is 18.5. The highest BCUT2D eigenvalue weighted by Gasteiger charge is 2.12. The Morgan fingerprint density at radius 2 is 1.80 bits per heavy atom. The number of carboxylic acids is 1. The fourth-order valence-corrected chi connectivity index (χ4v) is 2.73. The van der Waals surface area contributed by atoms with E-state index >= 15 is 0 Å². The molecule has 1 atom stereocenters. The van der Waals surface area contributed by atoms with Gasteiger partial charge in [-0.3, -0.25) is 9.59 Å². The van der Waals surface area contributed by atoms with E-state index in [1.54, 1.807) is 31.4 Å². The molecule has 0 heterocycles. The Hall–Kier alpha value is -2.82. The molecule has 0 fully saturated rings. The van der Waals surface area contributed by atoms with Gasteiger partial charge in [-0.05, 0) is 41.7 Å². The van der Waals surface area contributed by atoms with Gasteiger partial charge in [0.25, 0.3) is 0 Å². The van der Waals surface area contributed by atoms with E-state index in [-0.39, 0.29) is 18.2 Å². The van der Waals surface area contributed by atoms with Gasteiger partial charge in [0.15, 0.2) is 0 Å². The molecule has 0 aliphatic rings. The highest BCUT2D eigenvalue weighted by molar-refractivity contribution is 5.90. The number of benzene rings is 2. The minimum absolute atomic E-state index is 0.0236. The predicted molar refractivity (Wildman–Crippen MR) is 96.9 cm³/mol. The van der Waals surface area contributed by atoms with Gasteiger partial charge in [-0.25, -0.2) is 0 Å². The molecule has 2 rings (SSSR count). The van der Waals surface area contributed by atoms with E-state index < -0.39 is 5.97 Å². The quantitative estimate of drug-likeness (QED) is 0.770. The van der Waals surface area contributed by atoms with Crippen LogP contribution in [0.25, 0.3) is 0 Å². The monoisotopic (exact) mass is 341 g/mol. The summed E-state index contributed by atoms with van der Waals surface area (Å²) in [4.78, 5) is 22.9. The van der Waals surface area contributed by atoms with Gasteiger partial charge in [0.1, 0.15) is 5.75 Å². The third-order valence-corrected chi connectivity index (χ3v) is 3.89. The Morgan fingerprint density at radius 3 is 2.44 bits per heavy atom. The van der Waals surface area contributed by atoms with Gasteiger partial charge >= 0.3 is 5.97 Å². The molecule has 25 heavy (non-hydrogen) atoms. The van der Waals surface area contributed by atoms with Crippen LogP contribution in [0.2, 0.25) is 0 Å². The van der Waals surface area contributed by atoms with Crippen LogP contribution < -0.4 is 10.1 Å².